The van der Waals surface area contributed by atoms with Crippen molar-refractivity contribution in [2.45, 2.75) is 6.54 Å². The Morgan fingerprint density at radius 2 is 1.97 bits per heavy atom. The summed E-state index contributed by atoms with van der Waals surface area (Å²) < 4.78 is 11.7. The first-order valence-electron chi connectivity index (χ1n) is 9.19. The number of hydrogen-bond donors (Lipinski definition) is 0. The Kier molecular flexibility index (Phi) is 5.44. The maximum Gasteiger partial charge on any atom is 0.337 e. The third-order valence-electron chi connectivity index (χ3n) is 4.89. The number of anilines is 1. The van der Waals surface area contributed by atoms with Gasteiger partial charge in [0, 0.05) is 12.3 Å². The first-order chi connectivity index (χ1) is 14.1. The van der Waals surface area contributed by atoms with Crippen LogP contribution in [0.4, 0.5) is 5.95 Å². The first-order valence-corrected chi connectivity index (χ1v) is 10.3. The Morgan fingerprint density at radius 1 is 1.17 bits per heavy atom. The van der Waals surface area contributed by atoms with E-state index in [0.717, 1.165) is 29.5 Å². The van der Waals surface area contributed by atoms with Crippen molar-refractivity contribution in [1.82, 2.24) is 9.55 Å². The van der Waals surface area contributed by atoms with E-state index >= 15 is 0 Å². The fraction of sp³-hybridized carbons (Fsp3) is 0.286. The van der Waals surface area contributed by atoms with E-state index in [1.807, 2.05) is 24.3 Å². The summed E-state index contributed by atoms with van der Waals surface area (Å²) in [4.78, 5) is 32.1. The molecule has 0 saturated carbocycles. The molecule has 7 nitrogen and oxygen atoms in total. The molecule has 8 heteroatoms. The normalized spacial score (nSPS) is 13.7. The fourth-order valence-electron chi connectivity index (χ4n) is 3.32. The average molecular weight is 411 g/mol. The summed E-state index contributed by atoms with van der Waals surface area (Å²) in [6, 6.07) is 12.5. The van der Waals surface area contributed by atoms with E-state index in [2.05, 4.69) is 4.90 Å². The van der Waals surface area contributed by atoms with Gasteiger partial charge in [-0.25, -0.2) is 9.78 Å². The van der Waals surface area contributed by atoms with E-state index in [-0.39, 0.29) is 5.56 Å². The van der Waals surface area contributed by atoms with Crippen LogP contribution in [0.1, 0.15) is 15.9 Å². The van der Waals surface area contributed by atoms with Crippen molar-refractivity contribution >= 4 is 34.6 Å². The zero-order chi connectivity index (χ0) is 20.4. The van der Waals surface area contributed by atoms with E-state index in [1.165, 1.54) is 7.11 Å². The van der Waals surface area contributed by atoms with Gasteiger partial charge in [-0.1, -0.05) is 12.1 Å². The Bertz CT molecular complexity index is 1110. The molecule has 150 valence electrons. The lowest BCUT2D eigenvalue weighted by Gasteiger charge is -2.21. The highest BCUT2D eigenvalue weighted by Gasteiger charge is 2.21. The molecule has 4 rings (SSSR count). The highest BCUT2D eigenvalue weighted by molar-refractivity contribution is 7.99. The highest BCUT2D eigenvalue weighted by Crippen LogP contribution is 2.24. The molecule has 3 aromatic rings. The number of carbonyl (C=O) groups is 1. The number of methoxy groups -OCH3 is 2. The molecule has 1 fully saturated rings. The van der Waals surface area contributed by atoms with Crippen molar-refractivity contribution in [1.29, 1.82) is 0 Å². The topological polar surface area (TPSA) is 73.7 Å². The summed E-state index contributed by atoms with van der Waals surface area (Å²) in [5.41, 5.74) is 1.72. The van der Waals surface area contributed by atoms with Crippen molar-refractivity contribution in [2.75, 3.05) is 37.3 Å². The number of fused-ring (bicyclic) bond motifs is 1. The smallest absolute Gasteiger partial charge is 0.337 e. The lowest BCUT2D eigenvalue weighted by Crippen LogP contribution is -2.31. The molecule has 1 aliphatic rings. The molecule has 0 amide bonds. The quantitative estimate of drug-likeness (QED) is 0.598. The van der Waals surface area contributed by atoms with Gasteiger partial charge in [0.25, 0.3) is 5.56 Å². The molecule has 0 bridgehead atoms. The Labute approximate surface area is 172 Å². The minimum atomic E-state index is -0.450. The van der Waals surface area contributed by atoms with Crippen LogP contribution in [0, 0.1) is 0 Å². The number of aromatic nitrogens is 2. The Balaban J connectivity index is 1.84. The summed E-state index contributed by atoms with van der Waals surface area (Å²) in [6.45, 7) is 1.23. The number of rotatable bonds is 5. The van der Waals surface area contributed by atoms with Gasteiger partial charge in [0.1, 0.15) is 5.75 Å². The number of hydrogen-bond acceptors (Lipinski definition) is 7. The molecule has 29 heavy (non-hydrogen) atoms. The van der Waals surface area contributed by atoms with Gasteiger partial charge in [-0.05, 0) is 35.9 Å². The summed E-state index contributed by atoms with van der Waals surface area (Å²) in [5.74, 6) is 2.69. The number of thioether (sulfide) groups is 1. The predicted molar refractivity (Wildman–Crippen MR) is 114 cm³/mol. The van der Waals surface area contributed by atoms with Crippen LogP contribution < -0.4 is 15.2 Å². The van der Waals surface area contributed by atoms with Crippen LogP contribution in [0.5, 0.6) is 5.75 Å². The number of esters is 1. The number of carbonyl (C=O) groups excluding carboxylic acids is 1. The minimum Gasteiger partial charge on any atom is -0.497 e. The van der Waals surface area contributed by atoms with Crippen LogP contribution >= 0.6 is 11.8 Å². The molecule has 0 N–H and O–H groups in total. The number of nitrogens with zero attached hydrogens (tertiary/aromatic N) is 3. The molecule has 0 spiro atoms. The van der Waals surface area contributed by atoms with Crippen LogP contribution in [0.25, 0.3) is 10.9 Å². The largest absolute Gasteiger partial charge is 0.497 e. The molecule has 0 atom stereocenters. The SMILES string of the molecule is COC(=O)c1ccc2c(=O)n(Cc3ccc(OC)cc3)c(N3CCSC3)nc2c1. The monoisotopic (exact) mass is 411 g/mol. The van der Waals surface area contributed by atoms with E-state index in [4.69, 9.17) is 14.5 Å². The standard InChI is InChI=1S/C21H21N3O4S/c1-27-16-6-3-14(4-7-16)12-24-19(25)17-8-5-15(20(26)28-2)11-18(17)22-21(24)23-9-10-29-13-23/h3-8,11H,9-10,12-13H2,1-2H3. The van der Waals surface area contributed by atoms with Gasteiger partial charge in [-0.3, -0.25) is 9.36 Å². The molecule has 0 radical (unpaired) electrons. The molecule has 0 aliphatic carbocycles. The van der Waals surface area contributed by atoms with Crippen molar-refractivity contribution < 1.29 is 14.3 Å². The molecule has 2 aromatic carbocycles. The zero-order valence-corrected chi connectivity index (χ0v) is 17.1. The van der Waals surface area contributed by atoms with Gasteiger partial charge >= 0.3 is 5.97 Å². The van der Waals surface area contributed by atoms with Gasteiger partial charge < -0.3 is 14.4 Å². The first kappa shape index (κ1) is 19.3. The van der Waals surface area contributed by atoms with E-state index in [1.54, 1.807) is 41.6 Å². The number of benzene rings is 2. The second-order valence-corrected chi connectivity index (χ2v) is 7.75. The Hall–Kier alpha value is -3.00. The Morgan fingerprint density at radius 3 is 2.62 bits per heavy atom. The van der Waals surface area contributed by atoms with Gasteiger partial charge in [0.15, 0.2) is 0 Å². The lowest BCUT2D eigenvalue weighted by molar-refractivity contribution is 0.0601. The van der Waals surface area contributed by atoms with Crippen molar-refractivity contribution in [3.8, 4) is 5.75 Å². The van der Waals surface area contributed by atoms with Crippen LogP contribution in [0.2, 0.25) is 0 Å². The second-order valence-electron chi connectivity index (χ2n) is 6.68. The highest BCUT2D eigenvalue weighted by atomic mass is 32.2. The summed E-state index contributed by atoms with van der Waals surface area (Å²) >= 11 is 1.80. The predicted octanol–water partition coefficient (Wildman–Crippen LogP) is 2.75. The van der Waals surface area contributed by atoms with E-state index in [0.29, 0.717) is 29.0 Å². The van der Waals surface area contributed by atoms with Crippen LogP contribution in [0.15, 0.2) is 47.3 Å². The van der Waals surface area contributed by atoms with Crippen molar-refractivity contribution in [3.63, 3.8) is 0 Å². The molecule has 1 aromatic heterocycles. The van der Waals surface area contributed by atoms with Gasteiger partial charge in [0.05, 0.1) is 43.1 Å². The lowest BCUT2D eigenvalue weighted by atomic mass is 10.1. The van der Waals surface area contributed by atoms with Crippen LogP contribution in [-0.2, 0) is 11.3 Å². The van der Waals surface area contributed by atoms with Gasteiger partial charge in [-0.15, -0.1) is 11.8 Å². The van der Waals surface area contributed by atoms with Crippen LogP contribution in [-0.4, -0.2) is 47.9 Å². The second kappa shape index (κ2) is 8.16. The zero-order valence-electron chi connectivity index (χ0n) is 16.3. The molecule has 2 heterocycles. The molecular formula is C21H21N3O4S. The fourth-order valence-corrected chi connectivity index (χ4v) is 4.27. The maximum absolute atomic E-state index is 13.3. The maximum atomic E-state index is 13.3. The van der Waals surface area contributed by atoms with Crippen LogP contribution in [0.3, 0.4) is 0 Å². The average Bonchev–Trinajstić information content (AvgIpc) is 3.30. The van der Waals surface area contributed by atoms with E-state index < -0.39 is 5.97 Å². The van der Waals surface area contributed by atoms with Gasteiger partial charge in [-0.2, -0.15) is 0 Å². The van der Waals surface area contributed by atoms with Crippen molar-refractivity contribution in [2.24, 2.45) is 0 Å². The summed E-state index contributed by atoms with van der Waals surface area (Å²) in [7, 11) is 2.96. The molecule has 0 unspecified atom stereocenters. The van der Waals surface area contributed by atoms with Gasteiger partial charge in [0.2, 0.25) is 5.95 Å². The molecule has 1 saturated heterocycles. The minimum absolute atomic E-state index is 0.130. The molecule has 1 aliphatic heterocycles. The van der Waals surface area contributed by atoms with Crippen molar-refractivity contribution in [3.05, 3.63) is 63.9 Å². The third-order valence-corrected chi connectivity index (χ3v) is 5.86. The summed E-state index contributed by atoms with van der Waals surface area (Å²) in [6.07, 6.45) is 0. The molecular weight excluding hydrogens is 390 g/mol. The third kappa shape index (κ3) is 3.80. The number of ether oxygens (including phenoxy) is 2. The summed E-state index contributed by atoms with van der Waals surface area (Å²) in [5, 5.41) is 0.474. The van der Waals surface area contributed by atoms with E-state index in [9.17, 15) is 9.59 Å².